The zero-order chi connectivity index (χ0) is 23.9. The van der Waals surface area contributed by atoms with Crippen molar-refractivity contribution in [2.45, 2.75) is 84.1 Å². The maximum absolute atomic E-state index is 13.0. The molecule has 32 heavy (non-hydrogen) atoms. The Hall–Kier alpha value is -2.77. The van der Waals surface area contributed by atoms with Gasteiger partial charge in [-0.15, -0.1) is 0 Å². The van der Waals surface area contributed by atoms with E-state index in [-0.39, 0.29) is 18.0 Å². The lowest BCUT2D eigenvalue weighted by Gasteiger charge is -2.34. The largest absolute Gasteiger partial charge is 0.444 e. The van der Waals surface area contributed by atoms with Crippen LogP contribution in [0.15, 0.2) is 30.3 Å². The van der Waals surface area contributed by atoms with Crippen LogP contribution in [0.2, 0.25) is 0 Å². The number of likely N-dealkylation sites (tertiary alicyclic amines) is 1. The molecule has 1 heterocycles. The Balaban J connectivity index is 1.96. The summed E-state index contributed by atoms with van der Waals surface area (Å²) in [7, 11) is 0. The van der Waals surface area contributed by atoms with Gasteiger partial charge in [-0.3, -0.25) is 4.79 Å². The van der Waals surface area contributed by atoms with Crippen molar-refractivity contribution in [1.29, 1.82) is 0 Å². The van der Waals surface area contributed by atoms with Gasteiger partial charge in [0.1, 0.15) is 17.2 Å². The van der Waals surface area contributed by atoms with Gasteiger partial charge in [0, 0.05) is 25.6 Å². The number of ether oxygens (including phenoxy) is 2. The molecule has 1 fully saturated rings. The minimum absolute atomic E-state index is 0.0834. The Kier molecular flexibility index (Phi) is 8.52. The van der Waals surface area contributed by atoms with Crippen molar-refractivity contribution in [1.82, 2.24) is 15.5 Å². The number of hydrogen-bond acceptors (Lipinski definition) is 5. The van der Waals surface area contributed by atoms with Crippen LogP contribution in [0, 0.1) is 0 Å². The molecule has 178 valence electrons. The first-order valence-corrected chi connectivity index (χ1v) is 11.1. The molecule has 1 aliphatic heterocycles. The van der Waals surface area contributed by atoms with Gasteiger partial charge in [-0.05, 0) is 59.9 Å². The highest BCUT2D eigenvalue weighted by atomic mass is 16.6. The molecule has 0 aromatic heterocycles. The average molecular weight is 448 g/mol. The monoisotopic (exact) mass is 447 g/mol. The third-order valence-electron chi connectivity index (χ3n) is 4.78. The smallest absolute Gasteiger partial charge is 0.410 e. The Bertz CT molecular complexity index is 775. The second kappa shape index (κ2) is 10.7. The highest BCUT2D eigenvalue weighted by Crippen LogP contribution is 2.16. The Morgan fingerprint density at radius 2 is 1.53 bits per heavy atom. The van der Waals surface area contributed by atoms with Crippen molar-refractivity contribution in [2.24, 2.45) is 0 Å². The molecule has 0 bridgehead atoms. The van der Waals surface area contributed by atoms with Gasteiger partial charge in [0.05, 0.1) is 0 Å². The van der Waals surface area contributed by atoms with Crippen molar-refractivity contribution in [3.05, 3.63) is 35.9 Å². The third-order valence-corrected chi connectivity index (χ3v) is 4.78. The minimum Gasteiger partial charge on any atom is -0.444 e. The molecule has 8 nitrogen and oxygen atoms in total. The number of piperidine rings is 1. The Morgan fingerprint density at radius 1 is 0.969 bits per heavy atom. The molecule has 1 aromatic rings. The van der Waals surface area contributed by atoms with E-state index in [1.165, 1.54) is 0 Å². The van der Waals surface area contributed by atoms with E-state index in [1.54, 1.807) is 25.7 Å². The molecular formula is C24H37N3O5. The number of carbonyl (C=O) groups excluding carboxylic acids is 3. The van der Waals surface area contributed by atoms with Gasteiger partial charge in [-0.2, -0.15) is 0 Å². The van der Waals surface area contributed by atoms with Crippen molar-refractivity contribution in [3.8, 4) is 0 Å². The highest BCUT2D eigenvalue weighted by Gasteiger charge is 2.30. The van der Waals surface area contributed by atoms with Crippen molar-refractivity contribution in [3.63, 3.8) is 0 Å². The predicted octanol–water partition coefficient (Wildman–Crippen LogP) is 3.64. The van der Waals surface area contributed by atoms with E-state index < -0.39 is 23.3 Å². The topological polar surface area (TPSA) is 97.0 Å². The normalized spacial score (nSPS) is 16.1. The summed E-state index contributed by atoms with van der Waals surface area (Å²) in [6.45, 7) is 11.8. The lowest BCUT2D eigenvalue weighted by molar-refractivity contribution is -0.124. The molecule has 0 spiro atoms. The predicted molar refractivity (Wildman–Crippen MR) is 122 cm³/mol. The summed E-state index contributed by atoms with van der Waals surface area (Å²) in [5.74, 6) is -0.268. The van der Waals surface area contributed by atoms with Crippen LogP contribution < -0.4 is 10.6 Å². The quantitative estimate of drug-likeness (QED) is 0.718. The first-order chi connectivity index (χ1) is 14.8. The Morgan fingerprint density at radius 3 is 2.06 bits per heavy atom. The SMILES string of the molecule is CC(C)(C)OC(=O)N[C@H](Cc1ccccc1)C(=O)NC1CCN(C(=O)OC(C)(C)C)CC1. The van der Waals surface area contributed by atoms with Gasteiger partial charge in [0.15, 0.2) is 0 Å². The van der Waals surface area contributed by atoms with Gasteiger partial charge in [-0.25, -0.2) is 9.59 Å². The number of amides is 3. The summed E-state index contributed by atoms with van der Waals surface area (Å²) in [6, 6.07) is 8.66. The number of hydrogen-bond donors (Lipinski definition) is 2. The van der Waals surface area contributed by atoms with Crippen molar-refractivity contribution in [2.75, 3.05) is 13.1 Å². The van der Waals surface area contributed by atoms with E-state index in [4.69, 9.17) is 9.47 Å². The average Bonchev–Trinajstić information content (AvgIpc) is 2.66. The van der Waals surface area contributed by atoms with Crippen LogP contribution in [0.1, 0.15) is 59.9 Å². The summed E-state index contributed by atoms with van der Waals surface area (Å²) < 4.78 is 10.8. The number of benzene rings is 1. The van der Waals surface area contributed by atoms with Crippen molar-refractivity contribution < 1.29 is 23.9 Å². The first-order valence-electron chi connectivity index (χ1n) is 11.1. The molecule has 1 aliphatic rings. The van der Waals surface area contributed by atoms with Crippen LogP contribution in [-0.4, -0.2) is 59.4 Å². The second-order valence-electron chi connectivity index (χ2n) is 10.1. The van der Waals surface area contributed by atoms with Gasteiger partial charge in [0.2, 0.25) is 5.91 Å². The van der Waals surface area contributed by atoms with Gasteiger partial charge >= 0.3 is 12.2 Å². The number of carbonyl (C=O) groups is 3. The summed E-state index contributed by atoms with van der Waals surface area (Å²) in [5.41, 5.74) is -0.268. The van der Waals surface area contributed by atoms with Crippen LogP contribution in [0.3, 0.4) is 0 Å². The zero-order valence-electron chi connectivity index (χ0n) is 20.1. The molecule has 3 amide bonds. The van der Waals surface area contributed by atoms with E-state index in [9.17, 15) is 14.4 Å². The molecule has 0 radical (unpaired) electrons. The van der Waals surface area contributed by atoms with E-state index >= 15 is 0 Å². The fourth-order valence-corrected chi connectivity index (χ4v) is 3.34. The lowest BCUT2D eigenvalue weighted by atomic mass is 10.0. The van der Waals surface area contributed by atoms with Gasteiger partial charge < -0.3 is 25.0 Å². The molecule has 1 saturated heterocycles. The lowest BCUT2D eigenvalue weighted by Crippen LogP contribution is -2.54. The van der Waals surface area contributed by atoms with Crippen LogP contribution in [0.5, 0.6) is 0 Å². The standard InChI is InChI=1S/C24H37N3O5/c1-23(2,3)31-21(29)26-19(16-17-10-8-7-9-11-17)20(28)25-18-12-14-27(15-13-18)22(30)32-24(4,5)6/h7-11,18-19H,12-16H2,1-6H3,(H,25,28)(H,26,29)/t19-/m1/s1. The van der Waals surface area contributed by atoms with Crippen LogP contribution in [0.4, 0.5) is 9.59 Å². The van der Waals surface area contributed by atoms with E-state index in [1.807, 2.05) is 51.1 Å². The Labute approximate surface area is 191 Å². The molecule has 2 rings (SSSR count). The number of rotatable bonds is 5. The zero-order valence-corrected chi connectivity index (χ0v) is 20.1. The molecule has 1 atom stereocenters. The number of nitrogens with one attached hydrogen (secondary N) is 2. The summed E-state index contributed by atoms with van der Waals surface area (Å²) in [5, 5.41) is 5.73. The summed E-state index contributed by atoms with van der Waals surface area (Å²) in [6.07, 6.45) is 0.623. The molecule has 1 aromatic carbocycles. The summed E-state index contributed by atoms with van der Waals surface area (Å²) >= 11 is 0. The molecule has 2 N–H and O–H groups in total. The maximum atomic E-state index is 13.0. The van der Waals surface area contributed by atoms with Gasteiger partial charge in [0.25, 0.3) is 0 Å². The second-order valence-corrected chi connectivity index (χ2v) is 10.1. The third kappa shape index (κ3) is 9.16. The summed E-state index contributed by atoms with van der Waals surface area (Å²) in [4.78, 5) is 39.3. The maximum Gasteiger partial charge on any atom is 0.410 e. The number of alkyl carbamates (subject to hydrolysis) is 1. The molecule has 8 heteroatoms. The van der Waals surface area contributed by atoms with E-state index in [0.29, 0.717) is 32.4 Å². The van der Waals surface area contributed by atoms with Crippen LogP contribution in [-0.2, 0) is 20.7 Å². The van der Waals surface area contributed by atoms with Crippen LogP contribution in [0.25, 0.3) is 0 Å². The molecule has 0 saturated carbocycles. The fraction of sp³-hybridized carbons (Fsp3) is 0.625. The highest BCUT2D eigenvalue weighted by molar-refractivity contribution is 5.86. The molecule has 0 unspecified atom stereocenters. The number of nitrogens with zero attached hydrogens (tertiary/aromatic N) is 1. The minimum atomic E-state index is -0.767. The van der Waals surface area contributed by atoms with Crippen LogP contribution >= 0.6 is 0 Å². The van der Waals surface area contributed by atoms with E-state index in [0.717, 1.165) is 5.56 Å². The fourth-order valence-electron chi connectivity index (χ4n) is 3.34. The molecular weight excluding hydrogens is 410 g/mol. The first kappa shape index (κ1) is 25.5. The van der Waals surface area contributed by atoms with Crippen molar-refractivity contribution >= 4 is 18.1 Å². The van der Waals surface area contributed by atoms with Gasteiger partial charge in [-0.1, -0.05) is 30.3 Å². The van der Waals surface area contributed by atoms with E-state index in [2.05, 4.69) is 10.6 Å². The molecule has 0 aliphatic carbocycles.